The molecule has 1 aromatic carbocycles. The van der Waals surface area contributed by atoms with Crippen LogP contribution in [0.4, 0.5) is 11.4 Å². The van der Waals surface area contributed by atoms with Gasteiger partial charge in [0.1, 0.15) is 5.69 Å². The summed E-state index contributed by atoms with van der Waals surface area (Å²) in [6.45, 7) is 3.33. The molecule has 116 valence electrons. The number of ether oxygens (including phenoxy) is 1. The molecular formula is C14H20ClN3O3. The van der Waals surface area contributed by atoms with Crippen LogP contribution in [0, 0.1) is 10.1 Å². The van der Waals surface area contributed by atoms with Gasteiger partial charge in [-0.25, -0.2) is 0 Å². The lowest BCUT2D eigenvalue weighted by Crippen LogP contribution is -2.32. The highest BCUT2D eigenvalue weighted by Gasteiger charge is 2.14. The van der Waals surface area contributed by atoms with Gasteiger partial charge in [0.2, 0.25) is 0 Å². The molecule has 0 amide bonds. The Balaban J connectivity index is 1.72. The topological polar surface area (TPSA) is 76.4 Å². The van der Waals surface area contributed by atoms with E-state index in [1.54, 1.807) is 12.1 Å². The first-order valence-corrected chi connectivity index (χ1v) is 7.55. The number of hydrogen-bond acceptors (Lipinski definition) is 5. The van der Waals surface area contributed by atoms with Crippen LogP contribution >= 0.6 is 11.6 Å². The summed E-state index contributed by atoms with van der Waals surface area (Å²) in [5, 5.41) is 17.7. The molecule has 1 heterocycles. The van der Waals surface area contributed by atoms with Crippen molar-refractivity contribution in [1.82, 2.24) is 5.32 Å². The summed E-state index contributed by atoms with van der Waals surface area (Å²) in [6, 6.07) is 4.63. The van der Waals surface area contributed by atoms with E-state index in [1.165, 1.54) is 6.07 Å². The van der Waals surface area contributed by atoms with Crippen molar-refractivity contribution < 1.29 is 9.66 Å². The molecule has 0 atom stereocenters. The number of nitro benzene ring substituents is 1. The first kappa shape index (κ1) is 16.0. The summed E-state index contributed by atoms with van der Waals surface area (Å²) in [5.74, 6) is 0. The molecule has 1 fully saturated rings. The highest BCUT2D eigenvalue weighted by atomic mass is 35.5. The fourth-order valence-corrected chi connectivity index (χ4v) is 2.48. The Kier molecular flexibility index (Phi) is 6.22. The van der Waals surface area contributed by atoms with Gasteiger partial charge >= 0.3 is 0 Å². The summed E-state index contributed by atoms with van der Waals surface area (Å²) in [4.78, 5) is 10.5. The normalized spacial score (nSPS) is 15.9. The Labute approximate surface area is 129 Å². The number of rotatable bonds is 7. The van der Waals surface area contributed by atoms with Crippen LogP contribution in [0.3, 0.4) is 0 Å². The number of anilines is 1. The molecule has 6 nitrogen and oxygen atoms in total. The average molecular weight is 314 g/mol. The van der Waals surface area contributed by atoms with Gasteiger partial charge in [0.25, 0.3) is 5.69 Å². The van der Waals surface area contributed by atoms with Gasteiger partial charge < -0.3 is 15.4 Å². The number of nitrogens with zero attached hydrogens (tertiary/aromatic N) is 1. The molecule has 0 bridgehead atoms. The zero-order valence-corrected chi connectivity index (χ0v) is 12.6. The first-order chi connectivity index (χ1) is 10.2. The van der Waals surface area contributed by atoms with Crippen LogP contribution in [-0.4, -0.2) is 37.3 Å². The zero-order valence-electron chi connectivity index (χ0n) is 11.8. The highest BCUT2D eigenvalue weighted by molar-refractivity contribution is 6.30. The van der Waals surface area contributed by atoms with Crippen LogP contribution in [0.1, 0.15) is 19.3 Å². The molecule has 1 aromatic rings. The van der Waals surface area contributed by atoms with Gasteiger partial charge in [0.05, 0.1) is 11.0 Å². The third kappa shape index (κ3) is 5.15. The lowest BCUT2D eigenvalue weighted by molar-refractivity contribution is -0.383. The van der Waals surface area contributed by atoms with Crippen LogP contribution in [0.5, 0.6) is 0 Å². The summed E-state index contributed by atoms with van der Waals surface area (Å²) >= 11 is 5.77. The predicted molar refractivity (Wildman–Crippen MR) is 83.1 cm³/mol. The summed E-state index contributed by atoms with van der Waals surface area (Å²) < 4.78 is 5.78. The lowest BCUT2D eigenvalue weighted by Gasteiger charge is -2.22. The van der Waals surface area contributed by atoms with Crippen molar-refractivity contribution in [2.75, 3.05) is 31.6 Å². The Bertz CT molecular complexity index is 479. The molecule has 1 aliphatic heterocycles. The first-order valence-electron chi connectivity index (χ1n) is 7.17. The fourth-order valence-electron chi connectivity index (χ4n) is 2.31. The fraction of sp³-hybridized carbons (Fsp3) is 0.571. The Morgan fingerprint density at radius 3 is 2.90 bits per heavy atom. The van der Waals surface area contributed by atoms with Crippen LogP contribution in [-0.2, 0) is 4.74 Å². The van der Waals surface area contributed by atoms with E-state index in [1.807, 2.05) is 0 Å². The van der Waals surface area contributed by atoms with Gasteiger partial charge in [0.15, 0.2) is 0 Å². The van der Waals surface area contributed by atoms with Crippen molar-refractivity contribution in [1.29, 1.82) is 0 Å². The van der Waals surface area contributed by atoms with E-state index >= 15 is 0 Å². The van der Waals surface area contributed by atoms with Crippen molar-refractivity contribution in [3.63, 3.8) is 0 Å². The zero-order chi connectivity index (χ0) is 15.1. The van der Waals surface area contributed by atoms with Gasteiger partial charge in [-0.2, -0.15) is 0 Å². The minimum Gasteiger partial charge on any atom is -0.379 e. The van der Waals surface area contributed by atoms with Gasteiger partial charge in [-0.1, -0.05) is 11.6 Å². The number of nitro groups is 1. The maximum Gasteiger partial charge on any atom is 0.293 e. The van der Waals surface area contributed by atoms with Crippen LogP contribution < -0.4 is 10.6 Å². The van der Waals surface area contributed by atoms with Crippen molar-refractivity contribution in [3.8, 4) is 0 Å². The minimum atomic E-state index is -0.431. The molecule has 0 aliphatic carbocycles. The maximum absolute atomic E-state index is 10.9. The van der Waals surface area contributed by atoms with E-state index in [-0.39, 0.29) is 5.69 Å². The number of halogens is 1. The molecule has 2 N–H and O–H groups in total. The highest BCUT2D eigenvalue weighted by Crippen LogP contribution is 2.27. The molecular weight excluding hydrogens is 294 g/mol. The molecule has 2 rings (SSSR count). The predicted octanol–water partition coefficient (Wildman–Crippen LogP) is 2.82. The van der Waals surface area contributed by atoms with Gasteiger partial charge in [0, 0.05) is 24.2 Å². The lowest BCUT2D eigenvalue weighted by atomic mass is 10.1. The quantitative estimate of drug-likeness (QED) is 0.460. The van der Waals surface area contributed by atoms with Gasteiger partial charge in [-0.15, -0.1) is 0 Å². The molecule has 0 spiro atoms. The van der Waals surface area contributed by atoms with Crippen molar-refractivity contribution in [2.45, 2.75) is 25.4 Å². The molecule has 21 heavy (non-hydrogen) atoms. The van der Waals surface area contributed by atoms with Crippen molar-refractivity contribution >= 4 is 23.0 Å². The smallest absolute Gasteiger partial charge is 0.293 e. The van der Waals surface area contributed by atoms with Gasteiger partial charge in [-0.3, -0.25) is 10.1 Å². The number of nitrogens with one attached hydrogen (secondary N) is 2. The molecule has 0 unspecified atom stereocenters. The standard InChI is InChI=1S/C14H20ClN3O3/c15-11-2-3-13(14(10-11)18(19)20)17-6-1-9-21-12-4-7-16-8-5-12/h2-3,10,12,16-17H,1,4-9H2. The average Bonchev–Trinajstić information content (AvgIpc) is 2.49. The summed E-state index contributed by atoms with van der Waals surface area (Å²) in [6.07, 6.45) is 3.26. The molecule has 0 saturated carbocycles. The number of piperidine rings is 1. The Morgan fingerprint density at radius 1 is 1.43 bits per heavy atom. The second-order valence-corrected chi connectivity index (χ2v) is 5.46. The van der Waals surface area contributed by atoms with Crippen molar-refractivity contribution in [2.24, 2.45) is 0 Å². The van der Waals surface area contributed by atoms with Crippen LogP contribution in [0.15, 0.2) is 18.2 Å². The minimum absolute atomic E-state index is 0.00164. The molecule has 7 heteroatoms. The van der Waals surface area contributed by atoms with E-state index in [0.29, 0.717) is 30.0 Å². The van der Waals surface area contributed by atoms with E-state index in [4.69, 9.17) is 16.3 Å². The molecule has 1 saturated heterocycles. The van der Waals surface area contributed by atoms with E-state index in [9.17, 15) is 10.1 Å². The monoisotopic (exact) mass is 313 g/mol. The molecule has 0 radical (unpaired) electrons. The second-order valence-electron chi connectivity index (χ2n) is 5.02. The Morgan fingerprint density at radius 2 is 2.19 bits per heavy atom. The van der Waals surface area contributed by atoms with E-state index in [0.717, 1.165) is 32.4 Å². The van der Waals surface area contributed by atoms with Crippen molar-refractivity contribution in [3.05, 3.63) is 33.3 Å². The largest absolute Gasteiger partial charge is 0.379 e. The third-order valence-electron chi connectivity index (χ3n) is 3.43. The number of hydrogen-bond donors (Lipinski definition) is 2. The van der Waals surface area contributed by atoms with Crippen LogP contribution in [0.25, 0.3) is 0 Å². The number of benzene rings is 1. The van der Waals surface area contributed by atoms with Crippen LogP contribution in [0.2, 0.25) is 5.02 Å². The van der Waals surface area contributed by atoms with E-state index < -0.39 is 4.92 Å². The molecule has 0 aromatic heterocycles. The third-order valence-corrected chi connectivity index (χ3v) is 3.67. The Hall–Kier alpha value is -1.37. The summed E-state index contributed by atoms with van der Waals surface area (Å²) in [7, 11) is 0. The molecule has 1 aliphatic rings. The van der Waals surface area contributed by atoms with E-state index in [2.05, 4.69) is 10.6 Å². The summed E-state index contributed by atoms with van der Waals surface area (Å²) in [5.41, 5.74) is 0.494. The SMILES string of the molecule is O=[N+]([O-])c1cc(Cl)ccc1NCCCOC1CCNCC1. The maximum atomic E-state index is 10.9. The van der Waals surface area contributed by atoms with Gasteiger partial charge in [-0.05, 0) is 44.5 Å². The second kappa shape index (κ2) is 8.17.